The summed E-state index contributed by atoms with van der Waals surface area (Å²) < 4.78 is 4.83. The van der Waals surface area contributed by atoms with Gasteiger partial charge in [0.15, 0.2) is 0 Å². The zero-order valence-electron chi connectivity index (χ0n) is 11.7. The molecule has 0 aromatic heterocycles. The first-order valence-corrected chi connectivity index (χ1v) is 7.29. The SMILES string of the molecule is COC(=O)c1ccc(Cl)cc1NC1CCc2ccccc21. The molecule has 1 unspecified atom stereocenters. The molecule has 2 aromatic rings. The van der Waals surface area contributed by atoms with E-state index in [1.165, 1.54) is 18.2 Å². The lowest BCUT2D eigenvalue weighted by molar-refractivity contribution is 0.0602. The predicted octanol–water partition coefficient (Wildman–Crippen LogP) is 4.23. The van der Waals surface area contributed by atoms with Crippen molar-refractivity contribution >= 4 is 23.3 Å². The second-order valence-electron chi connectivity index (χ2n) is 5.12. The molecule has 0 bridgehead atoms. The Morgan fingerprint density at radius 1 is 1.29 bits per heavy atom. The van der Waals surface area contributed by atoms with E-state index in [1.54, 1.807) is 18.2 Å². The van der Waals surface area contributed by atoms with Crippen LogP contribution in [-0.2, 0) is 11.2 Å². The number of anilines is 1. The number of nitrogens with one attached hydrogen (secondary N) is 1. The third-order valence-corrected chi connectivity index (χ3v) is 4.08. The summed E-state index contributed by atoms with van der Waals surface area (Å²) in [7, 11) is 1.38. The van der Waals surface area contributed by atoms with Gasteiger partial charge in [-0.2, -0.15) is 0 Å². The van der Waals surface area contributed by atoms with E-state index in [2.05, 4.69) is 23.5 Å². The highest BCUT2D eigenvalue weighted by molar-refractivity contribution is 6.31. The zero-order valence-corrected chi connectivity index (χ0v) is 12.5. The number of hydrogen-bond donors (Lipinski definition) is 1. The second-order valence-corrected chi connectivity index (χ2v) is 5.55. The normalized spacial score (nSPS) is 16.4. The van der Waals surface area contributed by atoms with Gasteiger partial charge in [0.1, 0.15) is 0 Å². The number of aryl methyl sites for hydroxylation is 1. The van der Waals surface area contributed by atoms with Crippen LogP contribution >= 0.6 is 11.6 Å². The van der Waals surface area contributed by atoms with E-state index >= 15 is 0 Å². The molecule has 0 heterocycles. The van der Waals surface area contributed by atoms with Crippen molar-refractivity contribution in [2.45, 2.75) is 18.9 Å². The van der Waals surface area contributed by atoms with Gasteiger partial charge in [-0.3, -0.25) is 0 Å². The van der Waals surface area contributed by atoms with Crippen molar-refractivity contribution in [2.75, 3.05) is 12.4 Å². The summed E-state index contributed by atoms with van der Waals surface area (Å²) >= 11 is 6.06. The fourth-order valence-corrected chi connectivity index (χ4v) is 2.99. The molecule has 4 heteroatoms. The minimum atomic E-state index is -0.361. The average Bonchev–Trinajstić information content (AvgIpc) is 2.90. The molecule has 0 spiro atoms. The zero-order chi connectivity index (χ0) is 14.8. The lowest BCUT2D eigenvalue weighted by Crippen LogP contribution is -2.12. The van der Waals surface area contributed by atoms with Crippen molar-refractivity contribution in [3.63, 3.8) is 0 Å². The van der Waals surface area contributed by atoms with E-state index in [-0.39, 0.29) is 12.0 Å². The molecule has 0 saturated carbocycles. The van der Waals surface area contributed by atoms with Crippen molar-refractivity contribution in [1.29, 1.82) is 0 Å². The monoisotopic (exact) mass is 301 g/mol. The molecular weight excluding hydrogens is 286 g/mol. The molecule has 3 nitrogen and oxygen atoms in total. The van der Waals surface area contributed by atoms with Crippen LogP contribution in [0.5, 0.6) is 0 Å². The van der Waals surface area contributed by atoms with Crippen LogP contribution in [0.3, 0.4) is 0 Å². The summed E-state index contributed by atoms with van der Waals surface area (Å²) in [5.41, 5.74) is 3.87. The van der Waals surface area contributed by atoms with Crippen LogP contribution in [-0.4, -0.2) is 13.1 Å². The van der Waals surface area contributed by atoms with Crippen LogP contribution in [0.2, 0.25) is 5.02 Å². The Labute approximate surface area is 128 Å². The van der Waals surface area contributed by atoms with E-state index in [4.69, 9.17) is 16.3 Å². The third-order valence-electron chi connectivity index (χ3n) is 3.85. The van der Waals surface area contributed by atoms with Gasteiger partial charge in [-0.1, -0.05) is 35.9 Å². The maximum Gasteiger partial charge on any atom is 0.339 e. The number of halogens is 1. The number of esters is 1. The number of hydrogen-bond acceptors (Lipinski definition) is 3. The summed E-state index contributed by atoms with van der Waals surface area (Å²) in [6.45, 7) is 0. The molecule has 1 N–H and O–H groups in total. The fraction of sp³-hybridized carbons (Fsp3) is 0.235. The van der Waals surface area contributed by atoms with Crippen LogP contribution < -0.4 is 5.32 Å². The summed E-state index contributed by atoms with van der Waals surface area (Å²) in [5.74, 6) is -0.361. The van der Waals surface area contributed by atoms with Crippen molar-refractivity contribution in [3.05, 3.63) is 64.2 Å². The molecule has 0 saturated heterocycles. The van der Waals surface area contributed by atoms with E-state index in [9.17, 15) is 4.79 Å². The van der Waals surface area contributed by atoms with E-state index in [0.717, 1.165) is 18.5 Å². The molecule has 0 fully saturated rings. The van der Waals surface area contributed by atoms with Gasteiger partial charge in [0.2, 0.25) is 0 Å². The Bertz CT molecular complexity index is 684. The van der Waals surface area contributed by atoms with Gasteiger partial charge in [-0.15, -0.1) is 0 Å². The number of fused-ring (bicyclic) bond motifs is 1. The number of carbonyl (C=O) groups excluding carboxylic acids is 1. The highest BCUT2D eigenvalue weighted by Crippen LogP contribution is 2.35. The molecule has 1 atom stereocenters. The molecule has 0 amide bonds. The number of rotatable bonds is 3. The lowest BCUT2D eigenvalue weighted by atomic mass is 10.1. The van der Waals surface area contributed by atoms with Gasteiger partial charge in [0.05, 0.1) is 24.4 Å². The molecule has 1 aliphatic rings. The van der Waals surface area contributed by atoms with Crippen LogP contribution in [0.25, 0.3) is 0 Å². The standard InChI is InChI=1S/C17H16ClNO2/c1-21-17(20)14-8-7-12(18)10-16(14)19-15-9-6-11-4-2-3-5-13(11)15/h2-5,7-8,10,15,19H,6,9H2,1H3. The van der Waals surface area contributed by atoms with Gasteiger partial charge in [0.25, 0.3) is 0 Å². The maximum atomic E-state index is 11.9. The van der Waals surface area contributed by atoms with Gasteiger partial charge in [-0.25, -0.2) is 4.79 Å². The molecule has 2 aromatic carbocycles. The van der Waals surface area contributed by atoms with Gasteiger partial charge >= 0.3 is 5.97 Å². The van der Waals surface area contributed by atoms with E-state index in [0.29, 0.717) is 10.6 Å². The summed E-state index contributed by atoms with van der Waals surface area (Å²) in [6, 6.07) is 13.7. The van der Waals surface area contributed by atoms with Crippen molar-refractivity contribution in [2.24, 2.45) is 0 Å². The second kappa shape index (κ2) is 5.78. The topological polar surface area (TPSA) is 38.3 Å². The molecule has 1 aliphatic carbocycles. The first-order chi connectivity index (χ1) is 10.2. The van der Waals surface area contributed by atoms with Gasteiger partial charge < -0.3 is 10.1 Å². The van der Waals surface area contributed by atoms with Crippen LogP contribution in [0.1, 0.15) is 33.9 Å². The van der Waals surface area contributed by atoms with Crippen molar-refractivity contribution in [3.8, 4) is 0 Å². The van der Waals surface area contributed by atoms with Gasteiger partial charge in [-0.05, 0) is 42.2 Å². The number of benzene rings is 2. The summed E-state index contributed by atoms with van der Waals surface area (Å²) in [5, 5.41) is 4.03. The van der Waals surface area contributed by atoms with Crippen molar-refractivity contribution in [1.82, 2.24) is 0 Å². The predicted molar refractivity (Wildman–Crippen MR) is 83.9 cm³/mol. The molecule has 21 heavy (non-hydrogen) atoms. The average molecular weight is 302 g/mol. The molecule has 108 valence electrons. The van der Waals surface area contributed by atoms with E-state index < -0.39 is 0 Å². The summed E-state index contributed by atoms with van der Waals surface area (Å²) in [4.78, 5) is 11.9. The molecule has 0 radical (unpaired) electrons. The van der Waals surface area contributed by atoms with Crippen LogP contribution in [0.15, 0.2) is 42.5 Å². The highest BCUT2D eigenvalue weighted by Gasteiger charge is 2.23. The minimum Gasteiger partial charge on any atom is -0.465 e. The smallest absolute Gasteiger partial charge is 0.339 e. The van der Waals surface area contributed by atoms with E-state index in [1.807, 2.05) is 6.07 Å². The molecule has 3 rings (SSSR count). The minimum absolute atomic E-state index is 0.197. The Hall–Kier alpha value is -2.00. The highest BCUT2D eigenvalue weighted by atomic mass is 35.5. The fourth-order valence-electron chi connectivity index (χ4n) is 2.82. The first kappa shape index (κ1) is 14.0. The summed E-state index contributed by atoms with van der Waals surface area (Å²) in [6.07, 6.45) is 2.05. The number of ether oxygens (including phenoxy) is 1. The van der Waals surface area contributed by atoms with Crippen molar-refractivity contribution < 1.29 is 9.53 Å². The Morgan fingerprint density at radius 2 is 2.10 bits per heavy atom. The number of carbonyl (C=O) groups is 1. The Morgan fingerprint density at radius 3 is 2.90 bits per heavy atom. The lowest BCUT2D eigenvalue weighted by Gasteiger charge is -2.18. The molecule has 0 aliphatic heterocycles. The number of methoxy groups -OCH3 is 1. The van der Waals surface area contributed by atoms with Crippen LogP contribution in [0, 0.1) is 0 Å². The molecular formula is C17H16ClNO2. The van der Waals surface area contributed by atoms with Crippen LogP contribution in [0.4, 0.5) is 5.69 Å². The largest absolute Gasteiger partial charge is 0.465 e. The Kier molecular flexibility index (Phi) is 3.84. The maximum absolute atomic E-state index is 11.9. The van der Waals surface area contributed by atoms with Gasteiger partial charge in [0, 0.05) is 5.02 Å². The third kappa shape index (κ3) is 2.74. The quantitative estimate of drug-likeness (QED) is 0.862. The first-order valence-electron chi connectivity index (χ1n) is 6.91. The Balaban J connectivity index is 1.92.